The Labute approximate surface area is 166 Å². The second-order valence-electron chi connectivity index (χ2n) is 7.61. The van der Waals surface area contributed by atoms with Crippen LogP contribution in [0.15, 0.2) is 48.5 Å². The number of sulfonamides is 1. The maximum Gasteiger partial charge on any atom is 0.236 e. The number of hydrogen-bond acceptors (Lipinski definition) is 3. The van der Waals surface area contributed by atoms with Gasteiger partial charge in [0.05, 0.1) is 11.4 Å². The lowest BCUT2D eigenvalue weighted by Gasteiger charge is -2.25. The summed E-state index contributed by atoms with van der Waals surface area (Å²) >= 11 is 0. The Kier molecular flexibility index (Phi) is 5.40. The molecule has 148 valence electrons. The zero-order chi connectivity index (χ0) is 19.6. The molecule has 1 amide bonds. The molecule has 0 spiro atoms. The number of carbonyl (C=O) groups is 1. The highest BCUT2D eigenvalue weighted by atomic mass is 32.2. The van der Waals surface area contributed by atoms with Crippen molar-refractivity contribution in [3.8, 4) is 0 Å². The van der Waals surface area contributed by atoms with Gasteiger partial charge in [-0.1, -0.05) is 42.5 Å². The molecule has 1 aliphatic heterocycles. The number of amides is 1. The Morgan fingerprint density at radius 2 is 1.79 bits per heavy atom. The standard InChI is InChI=1S/C22H26N2O3S/c25-22(16-19-9-5-8-17-6-1-3-10-20(17)19)23-13-15-28(26,27)24-14-12-18-7-2-4-11-21(18)24/h1-4,6-7,10-11,19H,5,8-9,12-16H2,(H,23,25). The van der Waals surface area contributed by atoms with Crippen molar-refractivity contribution in [2.75, 3.05) is 23.1 Å². The molecule has 1 heterocycles. The van der Waals surface area contributed by atoms with E-state index in [1.165, 1.54) is 15.4 Å². The molecule has 1 aliphatic carbocycles. The average Bonchev–Trinajstić information content (AvgIpc) is 3.13. The van der Waals surface area contributed by atoms with Crippen molar-refractivity contribution in [1.82, 2.24) is 5.32 Å². The minimum atomic E-state index is -3.43. The van der Waals surface area contributed by atoms with E-state index in [-0.39, 0.29) is 24.1 Å². The molecule has 1 unspecified atom stereocenters. The first-order chi connectivity index (χ1) is 13.5. The van der Waals surface area contributed by atoms with E-state index >= 15 is 0 Å². The number of rotatable bonds is 6. The Bertz CT molecular complexity index is 971. The van der Waals surface area contributed by atoms with Gasteiger partial charge in [-0.2, -0.15) is 0 Å². The van der Waals surface area contributed by atoms with Crippen LogP contribution in [-0.4, -0.2) is 33.2 Å². The number of hydrogen-bond donors (Lipinski definition) is 1. The average molecular weight is 399 g/mol. The molecule has 2 aromatic carbocycles. The van der Waals surface area contributed by atoms with Crippen LogP contribution in [0.25, 0.3) is 0 Å². The number of carbonyl (C=O) groups excluding carboxylic acids is 1. The third-order valence-electron chi connectivity index (χ3n) is 5.79. The van der Waals surface area contributed by atoms with E-state index in [0.717, 1.165) is 36.9 Å². The normalized spacial score (nSPS) is 18.4. The molecule has 5 nitrogen and oxygen atoms in total. The van der Waals surface area contributed by atoms with Gasteiger partial charge in [0.25, 0.3) is 0 Å². The fourth-order valence-corrected chi connectivity index (χ4v) is 5.82. The largest absolute Gasteiger partial charge is 0.355 e. The molecule has 1 N–H and O–H groups in total. The van der Waals surface area contributed by atoms with Crippen molar-refractivity contribution >= 4 is 21.6 Å². The molecule has 6 heteroatoms. The quantitative estimate of drug-likeness (QED) is 0.813. The Morgan fingerprint density at radius 1 is 1.04 bits per heavy atom. The highest BCUT2D eigenvalue weighted by Crippen LogP contribution is 2.33. The smallest absolute Gasteiger partial charge is 0.236 e. The summed E-state index contributed by atoms with van der Waals surface area (Å²) in [6.45, 7) is 0.628. The molecule has 0 saturated heterocycles. The second-order valence-corrected chi connectivity index (χ2v) is 9.62. The molecular formula is C22H26N2O3S. The van der Waals surface area contributed by atoms with E-state index < -0.39 is 10.0 Å². The molecule has 1 atom stereocenters. The summed E-state index contributed by atoms with van der Waals surface area (Å²) in [6, 6.07) is 15.9. The minimum absolute atomic E-state index is 0.0706. The van der Waals surface area contributed by atoms with Crippen molar-refractivity contribution in [2.24, 2.45) is 0 Å². The zero-order valence-corrected chi connectivity index (χ0v) is 16.7. The highest BCUT2D eigenvalue weighted by Gasteiger charge is 2.29. The predicted octanol–water partition coefficient (Wildman–Crippen LogP) is 3.01. The van der Waals surface area contributed by atoms with Crippen molar-refractivity contribution in [1.29, 1.82) is 0 Å². The molecule has 28 heavy (non-hydrogen) atoms. The Hall–Kier alpha value is -2.34. The Morgan fingerprint density at radius 3 is 2.64 bits per heavy atom. The number of aryl methyl sites for hydroxylation is 1. The fourth-order valence-electron chi connectivity index (χ4n) is 4.39. The van der Waals surface area contributed by atoms with E-state index in [2.05, 4.69) is 17.4 Å². The van der Waals surface area contributed by atoms with E-state index in [0.29, 0.717) is 13.0 Å². The van der Waals surface area contributed by atoms with Crippen molar-refractivity contribution in [3.63, 3.8) is 0 Å². The summed E-state index contributed by atoms with van der Waals surface area (Å²) in [4.78, 5) is 12.4. The van der Waals surface area contributed by atoms with Crippen LogP contribution in [0.2, 0.25) is 0 Å². The van der Waals surface area contributed by atoms with Crippen LogP contribution in [0.4, 0.5) is 5.69 Å². The lowest BCUT2D eigenvalue weighted by Crippen LogP contribution is -2.37. The summed E-state index contributed by atoms with van der Waals surface area (Å²) in [7, 11) is -3.43. The van der Waals surface area contributed by atoms with Crippen LogP contribution < -0.4 is 9.62 Å². The molecular weight excluding hydrogens is 372 g/mol. The van der Waals surface area contributed by atoms with E-state index in [1.54, 1.807) is 0 Å². The van der Waals surface area contributed by atoms with Crippen LogP contribution in [-0.2, 0) is 27.7 Å². The minimum Gasteiger partial charge on any atom is -0.355 e. The molecule has 0 aromatic heterocycles. The van der Waals surface area contributed by atoms with E-state index in [4.69, 9.17) is 0 Å². The van der Waals surface area contributed by atoms with Gasteiger partial charge in [0.15, 0.2) is 0 Å². The van der Waals surface area contributed by atoms with Gasteiger partial charge in [-0.25, -0.2) is 8.42 Å². The summed E-state index contributed by atoms with van der Waals surface area (Å²) in [5, 5.41) is 2.82. The second kappa shape index (κ2) is 7.95. The summed E-state index contributed by atoms with van der Waals surface area (Å²) < 4.78 is 26.9. The van der Waals surface area contributed by atoms with Crippen LogP contribution in [0.1, 0.15) is 41.9 Å². The topological polar surface area (TPSA) is 66.5 Å². The van der Waals surface area contributed by atoms with Gasteiger partial charge in [0.2, 0.25) is 15.9 Å². The van der Waals surface area contributed by atoms with Gasteiger partial charge >= 0.3 is 0 Å². The summed E-state index contributed by atoms with van der Waals surface area (Å²) in [6.07, 6.45) is 4.33. The van der Waals surface area contributed by atoms with E-state index in [1.807, 2.05) is 36.4 Å². The van der Waals surface area contributed by atoms with Crippen molar-refractivity contribution < 1.29 is 13.2 Å². The van der Waals surface area contributed by atoms with Gasteiger partial charge in [-0.15, -0.1) is 0 Å². The van der Waals surface area contributed by atoms with Gasteiger partial charge < -0.3 is 5.32 Å². The predicted molar refractivity (Wildman–Crippen MR) is 111 cm³/mol. The number of benzene rings is 2. The molecule has 0 bridgehead atoms. The molecule has 0 fully saturated rings. The number of fused-ring (bicyclic) bond motifs is 2. The van der Waals surface area contributed by atoms with Gasteiger partial charge in [0.1, 0.15) is 0 Å². The van der Waals surface area contributed by atoms with Crippen LogP contribution in [0.5, 0.6) is 0 Å². The monoisotopic (exact) mass is 398 g/mol. The first-order valence-corrected chi connectivity index (χ1v) is 11.6. The van der Waals surface area contributed by atoms with E-state index in [9.17, 15) is 13.2 Å². The number of anilines is 1. The lowest BCUT2D eigenvalue weighted by atomic mass is 9.81. The first-order valence-electron chi connectivity index (χ1n) is 9.97. The number of nitrogens with zero attached hydrogens (tertiary/aromatic N) is 1. The number of nitrogens with one attached hydrogen (secondary N) is 1. The molecule has 2 aliphatic rings. The SMILES string of the molecule is O=C(CC1CCCc2ccccc21)NCCS(=O)(=O)N1CCc2ccccc21. The zero-order valence-electron chi connectivity index (χ0n) is 15.9. The maximum absolute atomic E-state index is 12.7. The summed E-state index contributed by atoms with van der Waals surface area (Å²) in [5.74, 6) is 0.0830. The highest BCUT2D eigenvalue weighted by molar-refractivity contribution is 7.92. The molecule has 4 rings (SSSR count). The first kappa shape index (κ1) is 19.0. The van der Waals surface area contributed by atoms with Crippen LogP contribution >= 0.6 is 0 Å². The Balaban J connectivity index is 1.31. The van der Waals surface area contributed by atoms with Crippen LogP contribution in [0.3, 0.4) is 0 Å². The third-order valence-corrected chi connectivity index (χ3v) is 7.56. The maximum atomic E-state index is 12.7. The lowest BCUT2D eigenvalue weighted by molar-refractivity contribution is -0.121. The van der Waals surface area contributed by atoms with Gasteiger partial charge in [-0.05, 0) is 54.4 Å². The third kappa shape index (κ3) is 3.92. The van der Waals surface area contributed by atoms with Gasteiger partial charge in [-0.3, -0.25) is 9.10 Å². The molecule has 0 radical (unpaired) electrons. The van der Waals surface area contributed by atoms with Crippen molar-refractivity contribution in [3.05, 3.63) is 65.2 Å². The molecule has 2 aromatic rings. The summed E-state index contributed by atoms with van der Waals surface area (Å²) in [5.41, 5.74) is 4.44. The molecule has 0 saturated carbocycles. The number of para-hydroxylation sites is 1. The van der Waals surface area contributed by atoms with Crippen molar-refractivity contribution in [2.45, 2.75) is 38.0 Å². The van der Waals surface area contributed by atoms with Gasteiger partial charge in [0, 0.05) is 19.5 Å². The van der Waals surface area contributed by atoms with Crippen LogP contribution in [0, 0.1) is 0 Å². The fraction of sp³-hybridized carbons (Fsp3) is 0.409.